The Bertz CT molecular complexity index is 698. The van der Waals surface area contributed by atoms with Crippen LogP contribution in [0, 0.1) is 12.7 Å². The first-order chi connectivity index (χ1) is 9.24. The van der Waals surface area contributed by atoms with Crippen molar-refractivity contribution < 1.29 is 13.5 Å². The molecule has 2 nitrogen and oxygen atoms in total. The van der Waals surface area contributed by atoms with Crippen LogP contribution in [0.15, 0.2) is 53.1 Å². The molecule has 1 aromatic heterocycles. The van der Waals surface area contributed by atoms with Crippen molar-refractivity contribution in [1.29, 1.82) is 0 Å². The first-order valence-corrected chi connectivity index (χ1v) is 6.08. The highest BCUT2D eigenvalue weighted by Crippen LogP contribution is 2.24. The summed E-state index contributed by atoms with van der Waals surface area (Å²) in [7, 11) is 0. The maximum atomic E-state index is 13.5. The zero-order chi connectivity index (χ0) is 13.2. The molecule has 0 unspecified atom stereocenters. The van der Waals surface area contributed by atoms with Gasteiger partial charge in [-0.1, -0.05) is 29.8 Å². The van der Waals surface area contributed by atoms with Crippen molar-refractivity contribution in [3.8, 4) is 5.75 Å². The predicted molar refractivity (Wildman–Crippen MR) is 71.7 cm³/mol. The van der Waals surface area contributed by atoms with Gasteiger partial charge in [0.2, 0.25) is 0 Å². The van der Waals surface area contributed by atoms with Crippen molar-refractivity contribution in [2.45, 2.75) is 13.5 Å². The van der Waals surface area contributed by atoms with E-state index in [1.54, 1.807) is 12.3 Å². The third kappa shape index (κ3) is 2.32. The second kappa shape index (κ2) is 4.76. The van der Waals surface area contributed by atoms with Gasteiger partial charge in [-0.2, -0.15) is 0 Å². The third-order valence-corrected chi connectivity index (χ3v) is 3.05. The number of para-hydroxylation sites is 1. The van der Waals surface area contributed by atoms with Crippen molar-refractivity contribution in [2.24, 2.45) is 0 Å². The van der Waals surface area contributed by atoms with Gasteiger partial charge in [-0.3, -0.25) is 0 Å². The monoisotopic (exact) mass is 256 g/mol. The number of hydrogen-bond donors (Lipinski definition) is 0. The van der Waals surface area contributed by atoms with E-state index in [2.05, 4.69) is 0 Å². The van der Waals surface area contributed by atoms with E-state index in [0.29, 0.717) is 6.61 Å². The highest BCUT2D eigenvalue weighted by molar-refractivity contribution is 5.81. The van der Waals surface area contributed by atoms with Crippen LogP contribution in [0.25, 0.3) is 11.0 Å². The van der Waals surface area contributed by atoms with Crippen molar-refractivity contribution >= 4 is 11.0 Å². The summed E-state index contributed by atoms with van der Waals surface area (Å²) in [6.45, 7) is 2.38. The van der Waals surface area contributed by atoms with Crippen LogP contribution in [-0.2, 0) is 6.61 Å². The summed E-state index contributed by atoms with van der Waals surface area (Å²) in [5.41, 5.74) is 2.31. The molecule has 0 aliphatic rings. The number of rotatable bonds is 3. The maximum Gasteiger partial charge on any atom is 0.169 e. The average molecular weight is 256 g/mol. The van der Waals surface area contributed by atoms with Crippen molar-refractivity contribution in [1.82, 2.24) is 0 Å². The molecule has 0 aliphatic heterocycles. The zero-order valence-electron chi connectivity index (χ0n) is 10.5. The summed E-state index contributed by atoms with van der Waals surface area (Å²) in [5, 5.41) is 0.757. The number of furan rings is 1. The molecule has 0 atom stereocenters. The first-order valence-electron chi connectivity index (χ1n) is 6.08. The van der Waals surface area contributed by atoms with Gasteiger partial charge in [0.1, 0.15) is 12.4 Å². The number of fused-ring (bicyclic) bond motifs is 1. The number of aryl methyl sites for hydroxylation is 1. The fraction of sp³-hybridized carbons (Fsp3) is 0.125. The fourth-order valence-electron chi connectivity index (χ4n) is 1.98. The Morgan fingerprint density at radius 3 is 2.68 bits per heavy atom. The highest BCUT2D eigenvalue weighted by atomic mass is 19.1. The van der Waals surface area contributed by atoms with Crippen LogP contribution in [0.3, 0.4) is 0 Å². The van der Waals surface area contributed by atoms with E-state index in [1.807, 2.05) is 37.3 Å². The van der Waals surface area contributed by atoms with E-state index in [0.717, 1.165) is 16.7 Å². The van der Waals surface area contributed by atoms with Crippen LogP contribution in [-0.4, -0.2) is 0 Å². The van der Waals surface area contributed by atoms with Crippen molar-refractivity contribution in [3.63, 3.8) is 0 Å². The molecule has 96 valence electrons. The first kappa shape index (κ1) is 11.8. The molecule has 0 radical (unpaired) electrons. The Labute approximate surface area is 110 Å². The summed E-state index contributed by atoms with van der Waals surface area (Å²) >= 11 is 0. The Morgan fingerprint density at radius 1 is 1.11 bits per heavy atom. The Balaban J connectivity index is 1.82. The van der Waals surface area contributed by atoms with Crippen LogP contribution < -0.4 is 4.74 Å². The molecule has 2 aromatic carbocycles. The normalized spacial score (nSPS) is 10.8. The van der Waals surface area contributed by atoms with Gasteiger partial charge in [-0.25, -0.2) is 4.39 Å². The molecule has 1 heterocycles. The average Bonchev–Trinajstić information content (AvgIpc) is 2.83. The molecule has 19 heavy (non-hydrogen) atoms. The minimum absolute atomic E-state index is 0.282. The third-order valence-electron chi connectivity index (χ3n) is 3.05. The smallest absolute Gasteiger partial charge is 0.169 e. The molecule has 0 fully saturated rings. The predicted octanol–water partition coefficient (Wildman–Crippen LogP) is 4.46. The second-order valence-electron chi connectivity index (χ2n) is 4.48. The maximum absolute atomic E-state index is 13.5. The quantitative estimate of drug-likeness (QED) is 0.690. The summed E-state index contributed by atoms with van der Waals surface area (Å²) in [6, 6.07) is 12.7. The second-order valence-corrected chi connectivity index (χ2v) is 4.48. The van der Waals surface area contributed by atoms with Crippen molar-refractivity contribution in [2.75, 3.05) is 0 Å². The summed E-state index contributed by atoms with van der Waals surface area (Å²) < 4.78 is 24.4. The van der Waals surface area contributed by atoms with Gasteiger partial charge >= 0.3 is 0 Å². The number of benzene rings is 2. The molecule has 3 heteroatoms. The Hall–Kier alpha value is -2.29. The zero-order valence-corrected chi connectivity index (χ0v) is 10.5. The summed E-state index contributed by atoms with van der Waals surface area (Å²) in [4.78, 5) is 0. The number of ether oxygens (including phenoxy) is 1. The van der Waals surface area contributed by atoms with Gasteiger partial charge in [0.15, 0.2) is 11.4 Å². The van der Waals surface area contributed by atoms with Gasteiger partial charge in [0, 0.05) is 10.9 Å². The standard InChI is InChI=1S/C16H13FO2/c1-11-5-7-13(8-6-11)18-9-12-10-19-16-14(12)3-2-4-15(16)17/h2-8,10H,9H2,1H3. The van der Waals surface area contributed by atoms with Crippen LogP contribution >= 0.6 is 0 Å². The lowest BCUT2D eigenvalue weighted by atomic mass is 10.2. The number of hydrogen-bond acceptors (Lipinski definition) is 2. The van der Waals surface area contributed by atoms with Gasteiger partial charge < -0.3 is 9.15 Å². The van der Waals surface area contributed by atoms with Gasteiger partial charge in [0.05, 0.1) is 6.26 Å². The largest absolute Gasteiger partial charge is 0.489 e. The topological polar surface area (TPSA) is 22.4 Å². The van der Waals surface area contributed by atoms with E-state index >= 15 is 0 Å². The minimum Gasteiger partial charge on any atom is -0.489 e. The molecule has 3 aromatic rings. The van der Waals surface area contributed by atoms with E-state index < -0.39 is 0 Å². The molecule has 0 N–H and O–H groups in total. The summed E-state index contributed by atoms with van der Waals surface area (Å²) in [6.07, 6.45) is 1.54. The van der Waals surface area contributed by atoms with Gasteiger partial charge in [-0.05, 0) is 25.1 Å². The molecule has 3 rings (SSSR count). The van der Waals surface area contributed by atoms with E-state index in [1.165, 1.54) is 11.6 Å². The van der Waals surface area contributed by atoms with E-state index in [4.69, 9.17) is 9.15 Å². The minimum atomic E-state index is -0.348. The van der Waals surface area contributed by atoms with E-state index in [9.17, 15) is 4.39 Å². The summed E-state index contributed by atoms with van der Waals surface area (Å²) in [5.74, 6) is 0.440. The van der Waals surface area contributed by atoms with Gasteiger partial charge in [-0.15, -0.1) is 0 Å². The molecule has 0 spiro atoms. The molecular formula is C16H13FO2. The van der Waals surface area contributed by atoms with E-state index in [-0.39, 0.29) is 11.4 Å². The highest BCUT2D eigenvalue weighted by Gasteiger charge is 2.09. The van der Waals surface area contributed by atoms with Crippen LogP contribution in [0.1, 0.15) is 11.1 Å². The Kier molecular flexibility index (Phi) is 2.95. The molecular weight excluding hydrogens is 243 g/mol. The lowest BCUT2D eigenvalue weighted by Crippen LogP contribution is -1.94. The molecule has 0 amide bonds. The fourth-order valence-corrected chi connectivity index (χ4v) is 1.98. The van der Waals surface area contributed by atoms with Crippen LogP contribution in [0.2, 0.25) is 0 Å². The lowest BCUT2D eigenvalue weighted by molar-refractivity contribution is 0.306. The van der Waals surface area contributed by atoms with Crippen LogP contribution in [0.4, 0.5) is 4.39 Å². The Morgan fingerprint density at radius 2 is 1.89 bits per heavy atom. The lowest BCUT2D eigenvalue weighted by Gasteiger charge is -2.05. The molecule has 0 saturated heterocycles. The van der Waals surface area contributed by atoms with Crippen molar-refractivity contribution in [3.05, 3.63) is 65.7 Å². The molecule has 0 bridgehead atoms. The SMILES string of the molecule is Cc1ccc(OCc2coc3c(F)cccc23)cc1. The molecule has 0 saturated carbocycles. The molecule has 0 aliphatic carbocycles. The number of halogens is 1. The van der Waals surface area contributed by atoms with Crippen LogP contribution in [0.5, 0.6) is 5.75 Å². The van der Waals surface area contributed by atoms with Gasteiger partial charge in [0.25, 0.3) is 0 Å².